The molecule has 0 saturated heterocycles. The highest BCUT2D eigenvalue weighted by Crippen LogP contribution is 2.00. The summed E-state index contributed by atoms with van der Waals surface area (Å²) in [7, 11) is 0. The molecule has 0 aromatic carbocycles. The molecule has 0 amide bonds. The van der Waals surface area contributed by atoms with Gasteiger partial charge in [0.05, 0.1) is 6.20 Å². The summed E-state index contributed by atoms with van der Waals surface area (Å²) in [5, 5.41) is 0. The second-order valence-corrected chi connectivity index (χ2v) is 2.74. The number of hydrogen-bond donors (Lipinski definition) is 0. The number of rotatable bonds is 4. The molecule has 1 aliphatic rings. The van der Waals surface area contributed by atoms with E-state index < -0.39 is 0 Å². The molecule has 1 aliphatic heterocycles. The molecule has 0 atom stereocenters. The fourth-order valence-electron chi connectivity index (χ4n) is 1.07. The molecule has 0 aromatic rings. The first-order valence-electron chi connectivity index (χ1n) is 4.26. The van der Waals surface area contributed by atoms with Crippen LogP contribution in [0.3, 0.4) is 0 Å². The van der Waals surface area contributed by atoms with E-state index >= 15 is 0 Å². The Morgan fingerprint density at radius 3 is 3.09 bits per heavy atom. The first-order valence-corrected chi connectivity index (χ1v) is 4.26. The molecule has 2 heteroatoms. The van der Waals surface area contributed by atoms with E-state index in [2.05, 4.69) is 23.0 Å². The monoisotopic (exact) mass is 151 g/mol. The smallest absolute Gasteiger partial charge is 0.110 e. The normalized spacial score (nSPS) is 15.9. The first-order chi connectivity index (χ1) is 5.43. The van der Waals surface area contributed by atoms with E-state index in [1.165, 1.54) is 19.3 Å². The molecule has 0 aliphatic carbocycles. The van der Waals surface area contributed by atoms with E-state index in [1.54, 1.807) is 6.21 Å². The van der Waals surface area contributed by atoms with E-state index in [4.69, 9.17) is 0 Å². The molecule has 61 valence electrons. The quantitative estimate of drug-likeness (QED) is 0.560. The molecule has 0 bridgehead atoms. The van der Waals surface area contributed by atoms with Gasteiger partial charge in [-0.3, -0.25) is 4.99 Å². The van der Waals surface area contributed by atoms with Crippen molar-refractivity contribution in [3.63, 3.8) is 0 Å². The van der Waals surface area contributed by atoms with Crippen LogP contribution in [0.1, 0.15) is 26.2 Å². The van der Waals surface area contributed by atoms with Gasteiger partial charge in [-0.25, -0.2) is 0 Å². The second-order valence-electron chi connectivity index (χ2n) is 2.74. The third-order valence-electron chi connectivity index (χ3n) is 1.72. The lowest BCUT2D eigenvalue weighted by Gasteiger charge is -2.18. The van der Waals surface area contributed by atoms with Gasteiger partial charge in [0.25, 0.3) is 0 Å². The van der Waals surface area contributed by atoms with Gasteiger partial charge in [-0.15, -0.1) is 0 Å². The molecule has 2 nitrogen and oxygen atoms in total. The van der Waals surface area contributed by atoms with Gasteiger partial charge in [0.15, 0.2) is 0 Å². The van der Waals surface area contributed by atoms with E-state index in [9.17, 15) is 0 Å². The molecule has 1 heterocycles. The highest BCUT2D eigenvalue weighted by molar-refractivity contribution is 5.70. The molecule has 1 rings (SSSR count). The van der Waals surface area contributed by atoms with E-state index in [1.807, 2.05) is 6.08 Å². The van der Waals surface area contributed by atoms with Gasteiger partial charge in [-0.1, -0.05) is 19.8 Å². The molecule has 0 N–H and O–H groups in total. The molecule has 0 fully saturated rings. The van der Waals surface area contributed by atoms with Crippen molar-refractivity contribution in [2.24, 2.45) is 4.99 Å². The Labute approximate surface area is 68.6 Å². The lowest BCUT2D eigenvalue weighted by Crippen LogP contribution is -2.21. The molecule has 0 spiro atoms. The Bertz CT molecular complexity index is 150. The minimum absolute atomic E-state index is 0.792. The molecular weight excluding hydrogens is 136 g/mol. The van der Waals surface area contributed by atoms with Gasteiger partial charge in [-0.05, 0) is 12.5 Å². The predicted octanol–water partition coefficient (Wildman–Crippen LogP) is 1.84. The van der Waals surface area contributed by atoms with Crippen molar-refractivity contribution in [3.8, 4) is 0 Å². The number of unbranched alkanes of at least 4 members (excludes halogenated alkanes) is 2. The lowest BCUT2D eigenvalue weighted by atomic mass is 10.2. The summed E-state index contributed by atoms with van der Waals surface area (Å²) in [6.07, 6.45) is 10.7. The van der Waals surface area contributed by atoms with Crippen LogP contribution < -0.4 is 0 Å². The Morgan fingerprint density at radius 2 is 2.45 bits per heavy atom. The summed E-state index contributed by atoms with van der Waals surface area (Å²) < 4.78 is 0. The summed E-state index contributed by atoms with van der Waals surface area (Å²) in [6, 6.07) is 0. The highest BCUT2D eigenvalue weighted by Gasteiger charge is 1.98. The largest absolute Gasteiger partial charge is 0.350 e. The van der Waals surface area contributed by atoms with Crippen LogP contribution in [0, 0.1) is 6.20 Å². The van der Waals surface area contributed by atoms with E-state index in [0.717, 1.165) is 13.2 Å². The van der Waals surface area contributed by atoms with Crippen molar-refractivity contribution in [2.75, 3.05) is 13.2 Å². The molecule has 0 saturated carbocycles. The summed E-state index contributed by atoms with van der Waals surface area (Å²) in [5.41, 5.74) is 0. The molecular formula is C9H15N2. The third-order valence-corrected chi connectivity index (χ3v) is 1.72. The number of hydrogen-bond acceptors (Lipinski definition) is 2. The van der Waals surface area contributed by atoms with Crippen molar-refractivity contribution in [1.82, 2.24) is 4.90 Å². The molecule has 0 aromatic heterocycles. The average Bonchev–Trinajstić information content (AvgIpc) is 2.07. The Hall–Kier alpha value is -0.790. The van der Waals surface area contributed by atoms with Gasteiger partial charge in [0.2, 0.25) is 0 Å². The maximum Gasteiger partial charge on any atom is 0.110 e. The van der Waals surface area contributed by atoms with Gasteiger partial charge in [-0.2, -0.15) is 0 Å². The minimum Gasteiger partial charge on any atom is -0.350 e. The van der Waals surface area contributed by atoms with Crippen LogP contribution in [0.4, 0.5) is 0 Å². The topological polar surface area (TPSA) is 15.6 Å². The van der Waals surface area contributed by atoms with Crippen LogP contribution in [-0.4, -0.2) is 24.3 Å². The van der Waals surface area contributed by atoms with Gasteiger partial charge < -0.3 is 4.90 Å². The molecule has 1 radical (unpaired) electrons. The Kier molecular flexibility index (Phi) is 3.73. The Morgan fingerprint density at radius 1 is 1.55 bits per heavy atom. The molecule has 11 heavy (non-hydrogen) atoms. The van der Waals surface area contributed by atoms with Crippen molar-refractivity contribution in [2.45, 2.75) is 26.2 Å². The van der Waals surface area contributed by atoms with Crippen LogP contribution in [0.2, 0.25) is 0 Å². The van der Waals surface area contributed by atoms with Gasteiger partial charge >= 0.3 is 0 Å². The minimum atomic E-state index is 0.792. The number of aliphatic imine (C=N–C) groups is 1. The van der Waals surface area contributed by atoms with Crippen molar-refractivity contribution in [3.05, 3.63) is 12.3 Å². The maximum absolute atomic E-state index is 4.12. The van der Waals surface area contributed by atoms with Gasteiger partial charge in [0, 0.05) is 12.8 Å². The Balaban J connectivity index is 2.07. The summed E-state index contributed by atoms with van der Waals surface area (Å²) in [4.78, 5) is 6.24. The second kappa shape index (κ2) is 4.94. The SMILES string of the molecule is CCCCCN1[C]=CC=NC1. The zero-order valence-electron chi connectivity index (χ0n) is 7.08. The summed E-state index contributed by atoms with van der Waals surface area (Å²) in [5.74, 6) is 0. The zero-order valence-corrected chi connectivity index (χ0v) is 7.08. The maximum atomic E-state index is 4.12. The van der Waals surface area contributed by atoms with Crippen molar-refractivity contribution < 1.29 is 0 Å². The standard InChI is InChI=1S/C9H15N2/c1-2-3-4-7-11-8-5-6-10-9-11/h5-6H,2-4,7,9H2,1H3. The fourth-order valence-corrected chi connectivity index (χ4v) is 1.07. The lowest BCUT2D eigenvalue weighted by molar-refractivity contribution is 0.357. The third kappa shape index (κ3) is 3.21. The van der Waals surface area contributed by atoms with E-state index in [-0.39, 0.29) is 0 Å². The van der Waals surface area contributed by atoms with Crippen LogP contribution in [-0.2, 0) is 0 Å². The van der Waals surface area contributed by atoms with Crippen LogP contribution >= 0.6 is 0 Å². The average molecular weight is 151 g/mol. The van der Waals surface area contributed by atoms with Crippen LogP contribution in [0.25, 0.3) is 0 Å². The molecule has 0 unspecified atom stereocenters. The van der Waals surface area contributed by atoms with Crippen molar-refractivity contribution >= 4 is 6.21 Å². The van der Waals surface area contributed by atoms with Crippen LogP contribution in [0.15, 0.2) is 11.1 Å². The highest BCUT2D eigenvalue weighted by atomic mass is 15.2. The van der Waals surface area contributed by atoms with Crippen molar-refractivity contribution in [1.29, 1.82) is 0 Å². The zero-order chi connectivity index (χ0) is 7.94. The fraction of sp³-hybridized carbons (Fsp3) is 0.667. The predicted molar refractivity (Wildman–Crippen MR) is 47.4 cm³/mol. The van der Waals surface area contributed by atoms with E-state index in [0.29, 0.717) is 0 Å². The first kappa shape index (κ1) is 8.31. The van der Waals surface area contributed by atoms with Gasteiger partial charge in [0.1, 0.15) is 6.67 Å². The summed E-state index contributed by atoms with van der Waals surface area (Å²) in [6.45, 7) is 4.11. The number of allylic oxidation sites excluding steroid dienone is 1. The van der Waals surface area contributed by atoms with Crippen LogP contribution in [0.5, 0.6) is 0 Å². The number of nitrogens with zero attached hydrogens (tertiary/aromatic N) is 2. The summed E-state index contributed by atoms with van der Waals surface area (Å²) >= 11 is 0.